The number of aliphatic carboxylic acids is 1. The summed E-state index contributed by atoms with van der Waals surface area (Å²) in [6.45, 7) is 5.30. The van der Waals surface area contributed by atoms with Crippen molar-refractivity contribution < 1.29 is 14.5 Å². The van der Waals surface area contributed by atoms with E-state index in [0.717, 1.165) is 6.08 Å². The van der Waals surface area contributed by atoms with Crippen molar-refractivity contribution in [3.05, 3.63) is 54.9 Å². The van der Waals surface area contributed by atoms with E-state index in [0.29, 0.717) is 0 Å². The number of carboxylic acid groups (broad SMARTS) is 1. The molecule has 3 nitrogen and oxygen atoms in total. The summed E-state index contributed by atoms with van der Waals surface area (Å²) in [5, 5.41) is 8.02. The number of aryl methyl sites for hydroxylation is 1. The Morgan fingerprint density at radius 3 is 1.59 bits per heavy atom. The summed E-state index contributed by atoms with van der Waals surface area (Å²) < 4.78 is 2.29. The van der Waals surface area contributed by atoms with E-state index < -0.39 is 5.97 Å². The summed E-state index contributed by atoms with van der Waals surface area (Å²) in [5.74, 6) is -0.914. The van der Waals surface area contributed by atoms with Crippen molar-refractivity contribution in [1.82, 2.24) is 0 Å². The summed E-state index contributed by atoms with van der Waals surface area (Å²) in [4.78, 5) is 9.75. The van der Waals surface area contributed by atoms with Crippen molar-refractivity contribution in [1.29, 1.82) is 0 Å². The van der Waals surface area contributed by atoms with Gasteiger partial charge in [-0.2, -0.15) is 0 Å². The third kappa shape index (κ3) is 30.0. The molecular weight excluding hydrogens is 445 g/mol. The van der Waals surface area contributed by atoms with Crippen molar-refractivity contribution in [2.75, 3.05) is 0 Å². The molecule has 1 rings (SSSR count). The Morgan fingerprint density at radius 2 is 1.19 bits per heavy atom. The average molecular weight is 493 g/mol. The number of carbonyl (C=O) groups is 1. The molecule has 0 aliphatic heterocycles. The van der Waals surface area contributed by atoms with Gasteiger partial charge in [0.15, 0.2) is 12.4 Å². The molecule has 0 fully saturated rings. The first-order valence-electron chi connectivity index (χ1n) is 12.2. The summed E-state index contributed by atoms with van der Waals surface area (Å²) in [7, 11) is 0. The van der Waals surface area contributed by atoms with Crippen LogP contribution in [0.4, 0.5) is 0 Å². The number of halogens is 1. The van der Waals surface area contributed by atoms with Crippen molar-refractivity contribution >= 4 is 69.8 Å². The fraction of sp³-hybridized carbons (Fsp3) is 0.630. The number of unbranched alkanes of at least 4 members (excludes halogenated alkanes) is 13. The second-order valence-corrected chi connectivity index (χ2v) is 7.93. The van der Waals surface area contributed by atoms with Gasteiger partial charge in [0.25, 0.3) is 0 Å². The third-order valence-electron chi connectivity index (χ3n) is 5.09. The third-order valence-corrected chi connectivity index (χ3v) is 5.09. The fourth-order valence-electron chi connectivity index (χ4n) is 3.32. The van der Waals surface area contributed by atoms with Gasteiger partial charge in [-0.3, -0.25) is 0 Å². The quantitative estimate of drug-likeness (QED) is 0.0807. The number of hydrogen-bond donors (Lipinski definition) is 1. The first-order valence-corrected chi connectivity index (χ1v) is 12.2. The Morgan fingerprint density at radius 1 is 0.750 bits per heavy atom. The Kier molecular flexibility index (Phi) is 35.5. The Bertz CT molecular complexity index is 550. The van der Waals surface area contributed by atoms with Gasteiger partial charge < -0.3 is 5.11 Å². The van der Waals surface area contributed by atoms with Crippen LogP contribution in [0, 0.1) is 0 Å². The molecule has 0 spiro atoms. The number of aromatic nitrogens is 1. The summed E-state index contributed by atoms with van der Waals surface area (Å²) in [5.41, 5.74) is 0. The molecule has 0 amide bonds. The number of pyridine rings is 1. The van der Waals surface area contributed by atoms with Gasteiger partial charge in [0.1, 0.15) is 6.54 Å². The predicted octanol–water partition coefficient (Wildman–Crippen LogP) is 7.43. The summed E-state index contributed by atoms with van der Waals surface area (Å²) >= 11 is 0. The molecule has 180 valence electrons. The Labute approximate surface area is 247 Å². The number of nitrogens with zero attached hydrogens (tertiary/aromatic N) is 1. The van der Waals surface area contributed by atoms with Crippen LogP contribution < -0.4 is 4.57 Å². The van der Waals surface area contributed by atoms with Crippen molar-refractivity contribution in [2.24, 2.45) is 0 Å². The van der Waals surface area contributed by atoms with Gasteiger partial charge in [0.05, 0.1) is 0 Å². The molecule has 5 heteroatoms. The van der Waals surface area contributed by atoms with Gasteiger partial charge >= 0.3 is 57.4 Å². The molecule has 1 N–H and O–H groups in total. The topological polar surface area (TPSA) is 41.2 Å². The van der Waals surface area contributed by atoms with E-state index in [-0.39, 0.29) is 63.8 Å². The zero-order valence-electron chi connectivity index (χ0n) is 20.0. The van der Waals surface area contributed by atoms with Gasteiger partial charge in [0, 0.05) is 24.6 Å². The molecular formula is C27H48ClKNO2+. The molecule has 0 aliphatic carbocycles. The van der Waals surface area contributed by atoms with Crippen LogP contribution in [0.15, 0.2) is 54.9 Å². The fourth-order valence-corrected chi connectivity index (χ4v) is 3.32. The summed E-state index contributed by atoms with van der Waals surface area (Å²) in [6, 6.07) is 6.31. The molecule has 0 aromatic carbocycles. The zero-order chi connectivity index (χ0) is 22.1. The van der Waals surface area contributed by atoms with Crippen LogP contribution in [0.5, 0.6) is 0 Å². The first kappa shape index (κ1) is 36.6. The van der Waals surface area contributed by atoms with Crippen LogP contribution in [0.1, 0.15) is 104 Å². The Balaban J connectivity index is -0.000000723. The average Bonchev–Trinajstić information content (AvgIpc) is 2.75. The molecule has 1 heterocycles. The number of hydrogen-bond acceptors (Lipinski definition) is 1. The van der Waals surface area contributed by atoms with Crippen LogP contribution >= 0.6 is 12.4 Å². The monoisotopic (exact) mass is 492 g/mol. The standard InChI is InChI=1S/C21H38N.C6H8O2.ClH.K.H/c1-2-3-4-5-6-7-8-9-10-11-12-13-14-16-19-22-20-17-15-18-21-22;1-2-3-4-5-6(7)8;;;/h15,17-18,20-21H,2-14,16,19H2,1H3;2-5H,1H3,(H,7,8);1H;;/q+1;;;;/b;3-2+,5-4+;;;. The minimum atomic E-state index is -0.914. The van der Waals surface area contributed by atoms with Crippen LogP contribution in [-0.4, -0.2) is 62.5 Å². The number of carboxylic acids is 1. The molecule has 1 aromatic rings. The molecule has 0 saturated carbocycles. The van der Waals surface area contributed by atoms with Crippen molar-refractivity contribution in [2.45, 2.75) is 110 Å². The van der Waals surface area contributed by atoms with Crippen LogP contribution in [0.2, 0.25) is 0 Å². The predicted molar refractivity (Wildman–Crippen MR) is 143 cm³/mol. The second-order valence-electron chi connectivity index (χ2n) is 7.93. The van der Waals surface area contributed by atoms with E-state index in [2.05, 4.69) is 42.1 Å². The molecule has 32 heavy (non-hydrogen) atoms. The first-order chi connectivity index (χ1) is 14.7. The van der Waals surface area contributed by atoms with Crippen LogP contribution in [0.3, 0.4) is 0 Å². The SMILES string of the molecule is C/C=C/C=C/C(=O)O.CCCCCCCCCCCCCCCC[n+]1ccccc1.Cl.[KH]. The van der Waals surface area contributed by atoms with Crippen LogP contribution in [0.25, 0.3) is 0 Å². The molecule has 1 aromatic heterocycles. The normalized spacial score (nSPS) is 10.3. The second kappa shape index (κ2) is 31.0. The molecule has 0 aliphatic rings. The van der Waals surface area contributed by atoms with Gasteiger partial charge in [0.2, 0.25) is 0 Å². The van der Waals surface area contributed by atoms with Crippen LogP contribution in [-0.2, 0) is 11.3 Å². The maximum absolute atomic E-state index is 9.75. The van der Waals surface area contributed by atoms with Crippen molar-refractivity contribution in [3.8, 4) is 0 Å². The van der Waals surface area contributed by atoms with E-state index in [4.69, 9.17) is 5.11 Å². The molecule has 0 saturated heterocycles. The van der Waals surface area contributed by atoms with E-state index in [1.165, 1.54) is 103 Å². The van der Waals surface area contributed by atoms with E-state index in [1.807, 2.05) is 6.92 Å². The number of allylic oxidation sites excluding steroid dienone is 3. The van der Waals surface area contributed by atoms with E-state index in [9.17, 15) is 4.79 Å². The van der Waals surface area contributed by atoms with E-state index in [1.54, 1.807) is 12.2 Å². The molecule has 0 bridgehead atoms. The van der Waals surface area contributed by atoms with Gasteiger partial charge in [-0.05, 0) is 13.3 Å². The zero-order valence-corrected chi connectivity index (χ0v) is 20.8. The van der Waals surface area contributed by atoms with Crippen molar-refractivity contribution in [3.63, 3.8) is 0 Å². The van der Waals surface area contributed by atoms with Gasteiger partial charge in [-0.1, -0.05) is 108 Å². The molecule has 0 radical (unpaired) electrons. The molecule has 0 unspecified atom stereocenters. The number of rotatable bonds is 17. The maximum atomic E-state index is 9.75. The van der Waals surface area contributed by atoms with E-state index >= 15 is 0 Å². The Hall–Kier alpha value is 0.0264. The molecule has 0 atom stereocenters. The van der Waals surface area contributed by atoms with Gasteiger partial charge in [-0.25, -0.2) is 9.36 Å². The summed E-state index contributed by atoms with van der Waals surface area (Å²) in [6.07, 6.45) is 30.4. The van der Waals surface area contributed by atoms with Gasteiger partial charge in [-0.15, -0.1) is 12.4 Å². The minimum absolute atomic E-state index is 0.